The van der Waals surface area contributed by atoms with Crippen LogP contribution in [0.4, 0.5) is 5.69 Å². The predicted molar refractivity (Wildman–Crippen MR) is 82.4 cm³/mol. The first-order valence-electron chi connectivity index (χ1n) is 6.89. The molecule has 0 amide bonds. The summed E-state index contributed by atoms with van der Waals surface area (Å²) in [6.45, 7) is 0.447. The van der Waals surface area contributed by atoms with Gasteiger partial charge in [0, 0.05) is 23.9 Å². The molecule has 1 heterocycles. The van der Waals surface area contributed by atoms with E-state index in [1.54, 1.807) is 11.7 Å². The van der Waals surface area contributed by atoms with Gasteiger partial charge in [-0.25, -0.2) is 4.68 Å². The fraction of sp³-hybridized carbons (Fsp3) is 0.125. The molecular weight excluding hydrogens is 278 g/mol. The summed E-state index contributed by atoms with van der Waals surface area (Å²) in [5, 5.41) is 14.5. The molecule has 3 aromatic rings. The monoisotopic (exact) mass is 293 g/mol. The molecule has 1 aromatic heterocycles. The van der Waals surface area contributed by atoms with Gasteiger partial charge in [0.15, 0.2) is 11.6 Å². The van der Waals surface area contributed by atoms with Gasteiger partial charge in [0.1, 0.15) is 0 Å². The smallest absolute Gasteiger partial charge is 0.195 e. The Bertz CT molecular complexity index is 782. The summed E-state index contributed by atoms with van der Waals surface area (Å²) >= 11 is 0. The molecule has 0 bridgehead atoms. The number of aromatic nitrogens is 4. The summed E-state index contributed by atoms with van der Waals surface area (Å²) in [7, 11) is 1.78. The summed E-state index contributed by atoms with van der Waals surface area (Å²) in [5.41, 5.74) is 2.06. The lowest BCUT2D eigenvalue weighted by Crippen LogP contribution is -2.10. The lowest BCUT2D eigenvalue weighted by Gasteiger charge is -2.10. The van der Waals surface area contributed by atoms with Crippen molar-refractivity contribution in [3.05, 3.63) is 71.5 Å². The number of carbonyl (C=O) groups excluding carboxylic acids is 1. The van der Waals surface area contributed by atoms with Crippen molar-refractivity contribution >= 4 is 11.5 Å². The molecule has 0 unspecified atom stereocenters. The Morgan fingerprint density at radius 3 is 2.55 bits per heavy atom. The number of hydrogen-bond acceptors (Lipinski definition) is 5. The van der Waals surface area contributed by atoms with E-state index in [-0.39, 0.29) is 5.78 Å². The number of aryl methyl sites for hydroxylation is 1. The van der Waals surface area contributed by atoms with Crippen LogP contribution in [0, 0.1) is 0 Å². The predicted octanol–water partition coefficient (Wildman–Crippen LogP) is 2.05. The second kappa shape index (κ2) is 6.17. The third-order valence-electron chi connectivity index (χ3n) is 3.35. The molecule has 110 valence electrons. The van der Waals surface area contributed by atoms with E-state index in [2.05, 4.69) is 20.8 Å². The minimum atomic E-state index is -0.0141. The zero-order chi connectivity index (χ0) is 15.4. The Morgan fingerprint density at radius 1 is 1.09 bits per heavy atom. The van der Waals surface area contributed by atoms with Gasteiger partial charge in [-0.15, -0.1) is 5.10 Å². The van der Waals surface area contributed by atoms with Crippen molar-refractivity contribution in [3.63, 3.8) is 0 Å². The van der Waals surface area contributed by atoms with Crippen LogP contribution in [0.5, 0.6) is 0 Å². The number of carbonyl (C=O) groups is 1. The molecule has 0 spiro atoms. The maximum absolute atomic E-state index is 12.6. The number of nitrogens with zero attached hydrogens (tertiary/aromatic N) is 4. The van der Waals surface area contributed by atoms with Crippen LogP contribution in [0.2, 0.25) is 0 Å². The lowest BCUT2D eigenvalue weighted by atomic mass is 10.0. The molecule has 0 aliphatic carbocycles. The number of nitrogens with one attached hydrogen (secondary N) is 1. The lowest BCUT2D eigenvalue weighted by molar-refractivity contribution is 0.103. The molecule has 0 saturated heterocycles. The highest BCUT2D eigenvalue weighted by Crippen LogP contribution is 2.19. The molecule has 0 fully saturated rings. The summed E-state index contributed by atoms with van der Waals surface area (Å²) < 4.78 is 1.59. The average molecular weight is 293 g/mol. The number of para-hydroxylation sites is 1. The first-order chi connectivity index (χ1) is 10.8. The number of hydrogen-bond donors (Lipinski definition) is 1. The Kier molecular flexibility index (Phi) is 3.91. The summed E-state index contributed by atoms with van der Waals surface area (Å²) in [6.07, 6.45) is 0. The number of anilines is 1. The van der Waals surface area contributed by atoms with Crippen molar-refractivity contribution in [2.45, 2.75) is 6.54 Å². The van der Waals surface area contributed by atoms with Crippen molar-refractivity contribution in [1.82, 2.24) is 20.2 Å². The summed E-state index contributed by atoms with van der Waals surface area (Å²) in [5.74, 6) is 0.682. The van der Waals surface area contributed by atoms with E-state index in [1.165, 1.54) is 0 Å². The van der Waals surface area contributed by atoms with Crippen LogP contribution in [0.25, 0.3) is 0 Å². The maximum Gasteiger partial charge on any atom is 0.195 e. The molecular formula is C16H15N5O. The van der Waals surface area contributed by atoms with Gasteiger partial charge in [-0.3, -0.25) is 4.79 Å². The van der Waals surface area contributed by atoms with Gasteiger partial charge in [-0.1, -0.05) is 42.5 Å². The maximum atomic E-state index is 12.6. The zero-order valence-corrected chi connectivity index (χ0v) is 12.1. The Labute approximate surface area is 127 Å². The second-order valence-corrected chi connectivity index (χ2v) is 4.81. The number of tetrazole rings is 1. The molecule has 0 aliphatic rings. The second-order valence-electron chi connectivity index (χ2n) is 4.81. The van der Waals surface area contributed by atoms with E-state index in [9.17, 15) is 4.79 Å². The highest BCUT2D eigenvalue weighted by Gasteiger charge is 2.13. The fourth-order valence-electron chi connectivity index (χ4n) is 2.15. The topological polar surface area (TPSA) is 72.7 Å². The van der Waals surface area contributed by atoms with Gasteiger partial charge in [-0.05, 0) is 22.6 Å². The van der Waals surface area contributed by atoms with Gasteiger partial charge in [0.25, 0.3) is 0 Å². The Hall–Kier alpha value is -3.02. The molecule has 6 heteroatoms. The van der Waals surface area contributed by atoms with Crippen LogP contribution >= 0.6 is 0 Å². The molecule has 0 atom stereocenters. The van der Waals surface area contributed by atoms with Crippen LogP contribution in [-0.4, -0.2) is 26.0 Å². The van der Waals surface area contributed by atoms with Crippen molar-refractivity contribution in [2.75, 3.05) is 5.32 Å². The first-order valence-corrected chi connectivity index (χ1v) is 6.89. The standard InChI is InChI=1S/C16H15N5O/c1-21-15(18-19-20-21)11-17-14-10-6-5-9-13(14)16(22)12-7-3-2-4-8-12/h2-10,17H,11H2,1H3. The van der Waals surface area contributed by atoms with Crippen molar-refractivity contribution in [2.24, 2.45) is 7.05 Å². The van der Waals surface area contributed by atoms with Gasteiger partial charge >= 0.3 is 0 Å². The van der Waals surface area contributed by atoms with E-state index in [0.29, 0.717) is 23.5 Å². The Balaban J connectivity index is 1.84. The molecule has 0 radical (unpaired) electrons. The van der Waals surface area contributed by atoms with Gasteiger partial charge in [0.05, 0.1) is 6.54 Å². The summed E-state index contributed by atoms with van der Waals surface area (Å²) in [6, 6.07) is 16.7. The number of benzene rings is 2. The largest absolute Gasteiger partial charge is 0.377 e. The molecule has 22 heavy (non-hydrogen) atoms. The normalized spacial score (nSPS) is 10.4. The van der Waals surface area contributed by atoms with Crippen LogP contribution in [0.1, 0.15) is 21.7 Å². The molecule has 0 saturated carbocycles. The minimum absolute atomic E-state index is 0.0141. The molecule has 2 aromatic carbocycles. The van der Waals surface area contributed by atoms with E-state index >= 15 is 0 Å². The van der Waals surface area contributed by atoms with Gasteiger partial charge in [-0.2, -0.15) is 0 Å². The van der Waals surface area contributed by atoms with Crippen molar-refractivity contribution < 1.29 is 4.79 Å². The van der Waals surface area contributed by atoms with E-state index in [0.717, 1.165) is 5.69 Å². The van der Waals surface area contributed by atoms with Crippen molar-refractivity contribution in [1.29, 1.82) is 0 Å². The van der Waals surface area contributed by atoms with Crippen LogP contribution < -0.4 is 5.32 Å². The van der Waals surface area contributed by atoms with E-state index < -0.39 is 0 Å². The SMILES string of the molecule is Cn1nnnc1CNc1ccccc1C(=O)c1ccccc1. The van der Waals surface area contributed by atoms with Crippen LogP contribution in [-0.2, 0) is 13.6 Å². The van der Waals surface area contributed by atoms with Crippen LogP contribution in [0.3, 0.4) is 0 Å². The quantitative estimate of drug-likeness (QED) is 0.729. The zero-order valence-electron chi connectivity index (χ0n) is 12.1. The van der Waals surface area contributed by atoms with Crippen molar-refractivity contribution in [3.8, 4) is 0 Å². The fourth-order valence-corrected chi connectivity index (χ4v) is 2.15. The average Bonchev–Trinajstić information content (AvgIpc) is 2.98. The molecule has 6 nitrogen and oxygen atoms in total. The molecule has 0 aliphatic heterocycles. The van der Waals surface area contributed by atoms with Crippen LogP contribution in [0.15, 0.2) is 54.6 Å². The third kappa shape index (κ3) is 2.85. The van der Waals surface area contributed by atoms with E-state index in [1.807, 2.05) is 54.6 Å². The van der Waals surface area contributed by atoms with E-state index in [4.69, 9.17) is 0 Å². The van der Waals surface area contributed by atoms with Gasteiger partial charge < -0.3 is 5.32 Å². The Morgan fingerprint density at radius 2 is 1.82 bits per heavy atom. The molecule has 1 N–H and O–H groups in total. The highest BCUT2D eigenvalue weighted by molar-refractivity contribution is 6.12. The summed E-state index contributed by atoms with van der Waals surface area (Å²) in [4.78, 5) is 12.6. The molecule has 3 rings (SSSR count). The minimum Gasteiger partial charge on any atom is -0.377 e. The highest BCUT2D eigenvalue weighted by atomic mass is 16.1. The number of rotatable bonds is 5. The van der Waals surface area contributed by atoms with Gasteiger partial charge in [0.2, 0.25) is 0 Å². The number of ketones is 1. The third-order valence-corrected chi connectivity index (χ3v) is 3.35. The first kappa shape index (κ1) is 13.9.